The molecule has 2 heteroatoms. The molecule has 37 heavy (non-hydrogen) atoms. The molecule has 0 amide bonds. The zero-order valence-electron chi connectivity index (χ0n) is 26.6. The van der Waals surface area contributed by atoms with E-state index in [1.807, 2.05) is 7.05 Å². The van der Waals surface area contributed by atoms with Gasteiger partial charge in [-0.3, -0.25) is 0 Å². The molecule has 224 valence electrons. The topological polar surface area (TPSA) is 23.1 Å². The second-order valence-corrected chi connectivity index (χ2v) is 12.7. The average Bonchev–Trinajstić information content (AvgIpc) is 2.89. The number of hydroxylamine groups is 3. The third-order valence-electron chi connectivity index (χ3n) is 8.75. The van der Waals surface area contributed by atoms with Gasteiger partial charge in [0.1, 0.15) is 0 Å². The van der Waals surface area contributed by atoms with Gasteiger partial charge in [0.05, 0.1) is 20.1 Å². The third kappa shape index (κ3) is 28.7. The van der Waals surface area contributed by atoms with Crippen LogP contribution in [0.15, 0.2) is 0 Å². The Morgan fingerprint density at radius 2 is 0.649 bits per heavy atom. The van der Waals surface area contributed by atoms with Gasteiger partial charge in [-0.25, -0.2) is 0 Å². The van der Waals surface area contributed by atoms with Crippen LogP contribution in [0.4, 0.5) is 0 Å². The minimum atomic E-state index is -0.0402. The fraction of sp³-hybridized carbons (Fsp3) is 1.00. The maximum atomic E-state index is 12.7. The quantitative estimate of drug-likeness (QED) is 0.0503. The average molecular weight is 524 g/mol. The van der Waals surface area contributed by atoms with Crippen LogP contribution in [0.3, 0.4) is 0 Å². The van der Waals surface area contributed by atoms with Crippen molar-refractivity contribution in [3.8, 4) is 0 Å². The Kier molecular flexibility index (Phi) is 28.9. The van der Waals surface area contributed by atoms with Gasteiger partial charge in [-0.05, 0) is 19.8 Å². The van der Waals surface area contributed by atoms with Gasteiger partial charge < -0.3 is 9.85 Å². The Morgan fingerprint density at radius 1 is 0.405 bits per heavy atom. The molecule has 0 aromatic carbocycles. The molecule has 0 aromatic heterocycles. The Labute approximate surface area is 236 Å². The van der Waals surface area contributed by atoms with Crippen molar-refractivity contribution in [2.45, 2.75) is 201 Å². The summed E-state index contributed by atoms with van der Waals surface area (Å²) in [5, 5.41) is 12.7. The van der Waals surface area contributed by atoms with Gasteiger partial charge in [-0.2, -0.15) is 0 Å². The summed E-state index contributed by atoms with van der Waals surface area (Å²) in [6.07, 6.45) is 39.4. The molecule has 0 spiro atoms. The van der Waals surface area contributed by atoms with Crippen molar-refractivity contribution in [1.82, 2.24) is 0 Å². The highest BCUT2D eigenvalue weighted by Crippen LogP contribution is 2.23. The van der Waals surface area contributed by atoms with E-state index in [4.69, 9.17) is 0 Å². The lowest BCUT2D eigenvalue weighted by molar-refractivity contribution is -0.862. The summed E-state index contributed by atoms with van der Waals surface area (Å²) < 4.78 is -0.0402. The second kappa shape index (κ2) is 28.9. The Hall–Kier alpha value is -0.0800. The van der Waals surface area contributed by atoms with Crippen molar-refractivity contribution in [1.29, 1.82) is 0 Å². The summed E-state index contributed by atoms with van der Waals surface area (Å²) in [5.41, 5.74) is 0. The van der Waals surface area contributed by atoms with Gasteiger partial charge in [0.15, 0.2) is 0 Å². The summed E-state index contributed by atoms with van der Waals surface area (Å²) in [5.74, 6) is 0.642. The first-order valence-corrected chi connectivity index (χ1v) is 17.6. The standard InChI is InChI=1S/C35H73NO/c1-5-8-10-12-14-16-18-20-21-23-25-27-29-31-33-35(34-36(4,37)7-3)32-30-28-26-24-22-19-17-15-13-11-9-6-2/h35H,5-34H2,1-4H3. The molecule has 0 N–H and O–H groups in total. The van der Waals surface area contributed by atoms with Crippen LogP contribution in [-0.4, -0.2) is 24.8 Å². The molecule has 0 aliphatic carbocycles. The molecule has 0 aromatic rings. The predicted molar refractivity (Wildman–Crippen MR) is 169 cm³/mol. The van der Waals surface area contributed by atoms with Crippen LogP contribution >= 0.6 is 0 Å². The molecule has 2 atom stereocenters. The minimum absolute atomic E-state index is 0.0402. The lowest BCUT2D eigenvalue weighted by Gasteiger charge is -2.40. The van der Waals surface area contributed by atoms with Crippen LogP contribution in [0, 0.1) is 11.1 Å². The fourth-order valence-electron chi connectivity index (χ4n) is 5.90. The van der Waals surface area contributed by atoms with E-state index in [9.17, 15) is 5.21 Å². The molecule has 0 saturated carbocycles. The van der Waals surface area contributed by atoms with E-state index >= 15 is 0 Å². The lowest BCUT2D eigenvalue weighted by Crippen LogP contribution is -2.41. The van der Waals surface area contributed by atoms with Crippen molar-refractivity contribution in [3.63, 3.8) is 0 Å². The Balaban J connectivity index is 3.73. The van der Waals surface area contributed by atoms with Crippen LogP contribution < -0.4 is 0 Å². The zero-order valence-corrected chi connectivity index (χ0v) is 26.6. The van der Waals surface area contributed by atoms with E-state index in [2.05, 4.69) is 20.8 Å². The van der Waals surface area contributed by atoms with E-state index in [-0.39, 0.29) is 4.65 Å². The maximum Gasteiger partial charge on any atom is 0.0810 e. The minimum Gasteiger partial charge on any atom is -0.633 e. The molecule has 0 fully saturated rings. The number of unbranched alkanes of at least 4 members (excludes halogenated alkanes) is 24. The molecule has 0 aliphatic heterocycles. The second-order valence-electron chi connectivity index (χ2n) is 12.7. The van der Waals surface area contributed by atoms with Gasteiger partial charge >= 0.3 is 0 Å². The number of quaternary nitrogens is 1. The molecule has 0 heterocycles. The first-order valence-electron chi connectivity index (χ1n) is 17.6. The number of hydrogen-bond acceptors (Lipinski definition) is 1. The molecule has 0 rings (SSSR count). The van der Waals surface area contributed by atoms with Gasteiger partial charge in [0.25, 0.3) is 0 Å². The van der Waals surface area contributed by atoms with Crippen molar-refractivity contribution < 1.29 is 4.65 Å². The first kappa shape index (κ1) is 36.9. The number of hydrogen-bond donors (Lipinski definition) is 0. The van der Waals surface area contributed by atoms with E-state index in [0.717, 1.165) is 6.54 Å². The van der Waals surface area contributed by atoms with E-state index in [0.29, 0.717) is 12.5 Å². The van der Waals surface area contributed by atoms with Crippen LogP contribution in [0.25, 0.3) is 0 Å². The molecule has 0 radical (unpaired) electrons. The largest absolute Gasteiger partial charge is 0.633 e. The van der Waals surface area contributed by atoms with Crippen molar-refractivity contribution in [3.05, 3.63) is 5.21 Å². The molecule has 0 saturated heterocycles. The van der Waals surface area contributed by atoms with E-state index < -0.39 is 0 Å². The predicted octanol–water partition coefficient (Wildman–Crippen LogP) is 12.5. The highest BCUT2D eigenvalue weighted by Gasteiger charge is 2.17. The molecule has 0 aliphatic rings. The summed E-state index contributed by atoms with van der Waals surface area (Å²) in [4.78, 5) is 0. The van der Waals surface area contributed by atoms with Gasteiger partial charge in [-0.15, -0.1) is 0 Å². The monoisotopic (exact) mass is 524 g/mol. The molecular formula is C35H73NO. The fourth-order valence-corrected chi connectivity index (χ4v) is 5.90. The molecule has 2 nitrogen and oxygen atoms in total. The highest BCUT2D eigenvalue weighted by atomic mass is 16.5. The van der Waals surface area contributed by atoms with Crippen LogP contribution in [0.5, 0.6) is 0 Å². The van der Waals surface area contributed by atoms with E-state index in [1.165, 1.54) is 180 Å². The van der Waals surface area contributed by atoms with Crippen molar-refractivity contribution in [2.75, 3.05) is 20.1 Å². The first-order chi connectivity index (χ1) is 18.1. The lowest BCUT2D eigenvalue weighted by atomic mass is 9.93. The normalized spacial score (nSPS) is 14.2. The number of rotatable bonds is 31. The molecule has 0 bridgehead atoms. The Bertz CT molecular complexity index is 421. The highest BCUT2D eigenvalue weighted by molar-refractivity contribution is 4.62. The summed E-state index contributed by atoms with van der Waals surface area (Å²) >= 11 is 0. The van der Waals surface area contributed by atoms with Gasteiger partial charge in [0.2, 0.25) is 0 Å². The van der Waals surface area contributed by atoms with Crippen LogP contribution in [0.1, 0.15) is 201 Å². The SMILES string of the molecule is CCCCCCCCCCCCCCCCC(CCCCCCCCCCCCCC)C[N+](C)([O-])CC. The summed E-state index contributed by atoms with van der Waals surface area (Å²) in [6, 6.07) is 0. The maximum absolute atomic E-state index is 12.7. The van der Waals surface area contributed by atoms with Crippen LogP contribution in [0.2, 0.25) is 0 Å². The van der Waals surface area contributed by atoms with Crippen molar-refractivity contribution in [2.24, 2.45) is 5.92 Å². The number of nitrogens with zero attached hydrogens (tertiary/aromatic N) is 1. The summed E-state index contributed by atoms with van der Waals surface area (Å²) in [7, 11) is 1.89. The zero-order chi connectivity index (χ0) is 27.3. The van der Waals surface area contributed by atoms with Crippen molar-refractivity contribution >= 4 is 0 Å². The molecular weight excluding hydrogens is 450 g/mol. The third-order valence-corrected chi connectivity index (χ3v) is 8.75. The van der Waals surface area contributed by atoms with Gasteiger partial charge in [-0.1, -0.05) is 181 Å². The van der Waals surface area contributed by atoms with Gasteiger partial charge in [0, 0.05) is 5.92 Å². The smallest absolute Gasteiger partial charge is 0.0810 e. The Morgan fingerprint density at radius 3 is 0.892 bits per heavy atom. The summed E-state index contributed by atoms with van der Waals surface area (Å²) in [6.45, 7) is 8.21. The molecule has 2 unspecified atom stereocenters. The van der Waals surface area contributed by atoms with E-state index in [1.54, 1.807) is 0 Å². The van der Waals surface area contributed by atoms with Crippen LogP contribution in [-0.2, 0) is 0 Å².